The van der Waals surface area contributed by atoms with Crippen LogP contribution in [-0.4, -0.2) is 81.5 Å². The number of rotatable bonds is 8. The van der Waals surface area contributed by atoms with Gasteiger partial charge in [-0.3, -0.25) is 9.21 Å². The molecule has 0 radical (unpaired) electrons. The van der Waals surface area contributed by atoms with Crippen LogP contribution in [0.25, 0.3) is 0 Å². The lowest BCUT2D eigenvalue weighted by molar-refractivity contribution is 0.0149. The Hall–Kier alpha value is -3.11. The van der Waals surface area contributed by atoms with Gasteiger partial charge < -0.3 is 14.4 Å². The lowest BCUT2D eigenvalue weighted by atomic mass is 10.1. The van der Waals surface area contributed by atoms with Gasteiger partial charge in [0.15, 0.2) is 0 Å². The number of amides is 1. The van der Waals surface area contributed by atoms with E-state index in [0.29, 0.717) is 44.0 Å². The summed E-state index contributed by atoms with van der Waals surface area (Å²) in [4.78, 5) is 27.7. The summed E-state index contributed by atoms with van der Waals surface area (Å²) >= 11 is 0. The molecule has 0 atom stereocenters. The van der Waals surface area contributed by atoms with Crippen LogP contribution in [0.3, 0.4) is 0 Å². The monoisotopic (exact) mass is 517 g/mol. The molecule has 0 N–H and O–H groups in total. The zero-order chi connectivity index (χ0) is 26.3. The van der Waals surface area contributed by atoms with Crippen molar-refractivity contribution < 1.29 is 27.5 Å². The summed E-state index contributed by atoms with van der Waals surface area (Å²) in [5.74, 6) is -0.505. The van der Waals surface area contributed by atoms with Crippen LogP contribution in [0.2, 0.25) is 0 Å². The Morgan fingerprint density at radius 3 is 2.11 bits per heavy atom. The number of hydrogen-bond donors (Lipinski definition) is 0. The first-order valence-electron chi connectivity index (χ1n) is 11.9. The van der Waals surface area contributed by atoms with Crippen LogP contribution in [0, 0.1) is 0 Å². The lowest BCUT2D eigenvalue weighted by Gasteiger charge is -2.35. The van der Waals surface area contributed by atoms with Gasteiger partial charge in [-0.15, -0.1) is 0 Å². The van der Waals surface area contributed by atoms with Crippen molar-refractivity contribution in [3.63, 3.8) is 0 Å². The van der Waals surface area contributed by atoms with E-state index in [2.05, 4.69) is 0 Å². The van der Waals surface area contributed by atoms with Crippen LogP contribution in [-0.2, 0) is 26.0 Å². The summed E-state index contributed by atoms with van der Waals surface area (Å²) in [6.07, 6.45) is -0.344. The molecule has 0 aliphatic carbocycles. The number of nitrogens with zero attached hydrogens (tertiary/aromatic N) is 3. The Bertz CT molecular complexity index is 1120. The topological polar surface area (TPSA) is 96.5 Å². The number of carbonyl (C=O) groups excluding carboxylic acids is 2. The zero-order valence-corrected chi connectivity index (χ0v) is 22.2. The molecule has 1 amide bonds. The minimum absolute atomic E-state index is 0.0609. The number of piperazine rings is 1. The predicted molar refractivity (Wildman–Crippen MR) is 138 cm³/mol. The minimum atomic E-state index is -3.66. The van der Waals surface area contributed by atoms with E-state index in [4.69, 9.17) is 9.47 Å². The third-order valence-electron chi connectivity index (χ3n) is 5.77. The summed E-state index contributed by atoms with van der Waals surface area (Å²) in [5, 5.41) is 0. The van der Waals surface area contributed by atoms with Crippen LogP contribution in [0.5, 0.6) is 0 Å². The van der Waals surface area contributed by atoms with Crippen molar-refractivity contribution in [1.29, 1.82) is 0 Å². The number of sulfonamides is 1. The van der Waals surface area contributed by atoms with Gasteiger partial charge in [0, 0.05) is 32.7 Å². The molecule has 10 heteroatoms. The highest BCUT2D eigenvalue weighted by molar-refractivity contribution is 7.92. The van der Waals surface area contributed by atoms with E-state index < -0.39 is 21.6 Å². The molecule has 2 aromatic carbocycles. The fraction of sp³-hybridized carbons (Fsp3) is 0.462. The van der Waals surface area contributed by atoms with Gasteiger partial charge in [0.1, 0.15) is 5.60 Å². The van der Waals surface area contributed by atoms with Crippen LogP contribution in [0.15, 0.2) is 54.6 Å². The molecule has 0 saturated carbocycles. The standard InChI is InChI=1S/C26H35N3O6S/c1-26(2,3)35-25(31)28-16-14-27(15-17-28)18-19-36(32,33)29(23-8-6-5-7-9-23)20-21-10-12-22(13-11-21)24(30)34-4/h5-13H,14-20H2,1-4H3. The molecule has 3 rings (SSSR count). The van der Waals surface area contributed by atoms with Gasteiger partial charge in [-0.05, 0) is 50.6 Å². The molecular weight excluding hydrogens is 482 g/mol. The van der Waals surface area contributed by atoms with Crippen LogP contribution < -0.4 is 4.31 Å². The first kappa shape index (κ1) is 27.5. The maximum atomic E-state index is 13.5. The van der Waals surface area contributed by atoms with Crippen molar-refractivity contribution in [3.05, 3.63) is 65.7 Å². The van der Waals surface area contributed by atoms with Gasteiger partial charge in [0.25, 0.3) is 0 Å². The van der Waals surface area contributed by atoms with Crippen LogP contribution in [0.1, 0.15) is 36.7 Å². The van der Waals surface area contributed by atoms with Gasteiger partial charge >= 0.3 is 12.1 Å². The second-order valence-electron chi connectivity index (χ2n) is 9.66. The highest BCUT2D eigenvalue weighted by atomic mass is 32.2. The molecule has 0 bridgehead atoms. The van der Waals surface area contributed by atoms with E-state index >= 15 is 0 Å². The Labute approximate surface area is 213 Å². The Morgan fingerprint density at radius 1 is 0.944 bits per heavy atom. The first-order valence-corrected chi connectivity index (χ1v) is 13.5. The van der Waals surface area contributed by atoms with Crippen LogP contribution >= 0.6 is 0 Å². The average molecular weight is 518 g/mol. The minimum Gasteiger partial charge on any atom is -0.465 e. The van der Waals surface area contributed by atoms with Gasteiger partial charge in [0.2, 0.25) is 10.0 Å². The normalized spacial score (nSPS) is 14.8. The van der Waals surface area contributed by atoms with Crippen molar-refractivity contribution in [2.45, 2.75) is 32.9 Å². The van der Waals surface area contributed by atoms with Crippen molar-refractivity contribution in [2.24, 2.45) is 0 Å². The summed E-state index contributed by atoms with van der Waals surface area (Å²) in [6.45, 7) is 8.13. The molecule has 196 valence electrons. The SMILES string of the molecule is COC(=O)c1ccc(CN(c2ccccc2)S(=O)(=O)CCN2CCN(C(=O)OC(C)(C)C)CC2)cc1. The number of hydrogen-bond acceptors (Lipinski definition) is 7. The highest BCUT2D eigenvalue weighted by Gasteiger charge is 2.28. The number of para-hydroxylation sites is 1. The van der Waals surface area contributed by atoms with E-state index in [0.717, 1.165) is 5.56 Å². The molecule has 9 nitrogen and oxygen atoms in total. The smallest absolute Gasteiger partial charge is 0.410 e. The fourth-order valence-electron chi connectivity index (χ4n) is 3.81. The molecule has 1 saturated heterocycles. The number of ether oxygens (including phenoxy) is 2. The number of anilines is 1. The van der Waals surface area contributed by atoms with E-state index in [1.807, 2.05) is 31.7 Å². The van der Waals surface area contributed by atoms with Gasteiger partial charge in [-0.2, -0.15) is 0 Å². The van der Waals surface area contributed by atoms with Crippen molar-refractivity contribution in [2.75, 3.05) is 49.9 Å². The van der Waals surface area contributed by atoms with Gasteiger partial charge in [-0.25, -0.2) is 18.0 Å². The maximum absolute atomic E-state index is 13.5. The van der Waals surface area contributed by atoms with E-state index in [-0.39, 0.29) is 18.4 Å². The molecule has 1 heterocycles. The second-order valence-corrected chi connectivity index (χ2v) is 11.7. The number of methoxy groups -OCH3 is 1. The zero-order valence-electron chi connectivity index (χ0n) is 21.3. The number of carbonyl (C=O) groups is 2. The van der Waals surface area contributed by atoms with Gasteiger partial charge in [-0.1, -0.05) is 30.3 Å². The number of esters is 1. The van der Waals surface area contributed by atoms with E-state index in [1.54, 1.807) is 53.4 Å². The average Bonchev–Trinajstić information content (AvgIpc) is 2.85. The largest absolute Gasteiger partial charge is 0.465 e. The molecule has 0 spiro atoms. The Balaban J connectivity index is 1.65. The Kier molecular flexibility index (Phi) is 8.97. The Morgan fingerprint density at radius 2 is 1.56 bits per heavy atom. The van der Waals surface area contributed by atoms with Gasteiger partial charge in [0.05, 0.1) is 30.7 Å². The lowest BCUT2D eigenvalue weighted by Crippen LogP contribution is -2.51. The summed E-state index contributed by atoms with van der Waals surface area (Å²) < 4.78 is 38.5. The quantitative estimate of drug-likeness (QED) is 0.496. The highest BCUT2D eigenvalue weighted by Crippen LogP contribution is 2.22. The first-order chi connectivity index (χ1) is 17.0. The fourth-order valence-corrected chi connectivity index (χ4v) is 5.31. The molecule has 36 heavy (non-hydrogen) atoms. The molecule has 1 aliphatic rings. The molecule has 1 aliphatic heterocycles. The van der Waals surface area contributed by atoms with Crippen molar-refractivity contribution in [1.82, 2.24) is 9.80 Å². The van der Waals surface area contributed by atoms with Crippen molar-refractivity contribution >= 4 is 27.8 Å². The molecule has 0 unspecified atom stereocenters. The predicted octanol–water partition coefficient (Wildman–Crippen LogP) is 3.36. The van der Waals surface area contributed by atoms with Crippen molar-refractivity contribution in [3.8, 4) is 0 Å². The van der Waals surface area contributed by atoms with E-state index in [9.17, 15) is 18.0 Å². The third-order valence-corrected chi connectivity index (χ3v) is 7.48. The van der Waals surface area contributed by atoms with Crippen LogP contribution in [0.4, 0.5) is 10.5 Å². The second kappa shape index (κ2) is 11.7. The number of benzene rings is 2. The molecule has 0 aromatic heterocycles. The summed E-state index contributed by atoms with van der Waals surface area (Å²) in [5.41, 5.74) is 1.18. The summed E-state index contributed by atoms with van der Waals surface area (Å²) in [6, 6.07) is 15.7. The third kappa shape index (κ3) is 7.69. The van der Waals surface area contributed by atoms with E-state index in [1.165, 1.54) is 11.4 Å². The maximum Gasteiger partial charge on any atom is 0.410 e. The molecule has 1 fully saturated rings. The summed E-state index contributed by atoms with van der Waals surface area (Å²) in [7, 11) is -2.35. The molecule has 2 aromatic rings. The molecular formula is C26H35N3O6S.